The molecule has 2 N–H and O–H groups in total. The SMILES string of the molecule is CC(C)N(Cc1ccccc1N)C(=O)CC(C)C(C)(C)C. The third-order valence-corrected chi connectivity index (χ3v) is 4.30. The van der Waals surface area contributed by atoms with Crippen molar-refractivity contribution in [2.24, 2.45) is 11.3 Å². The average molecular weight is 290 g/mol. The van der Waals surface area contributed by atoms with E-state index in [4.69, 9.17) is 5.73 Å². The molecule has 0 aromatic heterocycles. The highest BCUT2D eigenvalue weighted by atomic mass is 16.2. The number of hydrogen-bond donors (Lipinski definition) is 1. The Kier molecular flexibility index (Phi) is 5.82. The number of carbonyl (C=O) groups excluding carboxylic acids is 1. The van der Waals surface area contributed by atoms with Crippen molar-refractivity contribution in [1.82, 2.24) is 4.90 Å². The third-order valence-electron chi connectivity index (χ3n) is 4.30. The molecule has 1 rings (SSSR count). The molecule has 3 heteroatoms. The second-order valence-electron chi connectivity index (χ2n) is 7.29. The topological polar surface area (TPSA) is 46.3 Å². The van der Waals surface area contributed by atoms with Crippen LogP contribution in [0.5, 0.6) is 0 Å². The minimum absolute atomic E-state index is 0.143. The number of nitrogen functional groups attached to an aromatic ring is 1. The van der Waals surface area contributed by atoms with Gasteiger partial charge in [0.1, 0.15) is 0 Å². The summed E-state index contributed by atoms with van der Waals surface area (Å²) in [5.74, 6) is 0.551. The molecule has 0 aliphatic heterocycles. The molecule has 0 heterocycles. The predicted octanol–water partition coefficient (Wildman–Crippen LogP) is 4.08. The van der Waals surface area contributed by atoms with Crippen LogP contribution in [-0.4, -0.2) is 16.8 Å². The van der Waals surface area contributed by atoms with Crippen molar-refractivity contribution in [2.45, 2.75) is 60.5 Å². The highest BCUT2D eigenvalue weighted by Crippen LogP contribution is 2.29. The van der Waals surface area contributed by atoms with Crippen molar-refractivity contribution >= 4 is 11.6 Å². The minimum atomic E-state index is 0.143. The largest absolute Gasteiger partial charge is 0.398 e. The van der Waals surface area contributed by atoms with E-state index in [1.54, 1.807) is 0 Å². The number of rotatable bonds is 5. The van der Waals surface area contributed by atoms with Crippen LogP contribution in [0.4, 0.5) is 5.69 Å². The van der Waals surface area contributed by atoms with Crippen LogP contribution in [0.15, 0.2) is 24.3 Å². The first-order valence-corrected chi connectivity index (χ1v) is 7.75. The third kappa shape index (κ3) is 5.07. The van der Waals surface area contributed by atoms with Gasteiger partial charge in [0.2, 0.25) is 5.91 Å². The van der Waals surface area contributed by atoms with Crippen molar-refractivity contribution in [2.75, 3.05) is 5.73 Å². The van der Waals surface area contributed by atoms with Crippen LogP contribution in [0.25, 0.3) is 0 Å². The van der Waals surface area contributed by atoms with E-state index in [1.165, 1.54) is 0 Å². The molecule has 0 bridgehead atoms. The Bertz CT molecular complexity index is 474. The first kappa shape index (κ1) is 17.5. The van der Waals surface area contributed by atoms with Crippen molar-refractivity contribution < 1.29 is 4.79 Å². The quantitative estimate of drug-likeness (QED) is 0.831. The maximum absolute atomic E-state index is 12.6. The van der Waals surface area contributed by atoms with Crippen molar-refractivity contribution in [3.63, 3.8) is 0 Å². The van der Waals surface area contributed by atoms with Gasteiger partial charge in [-0.1, -0.05) is 45.9 Å². The molecule has 3 nitrogen and oxygen atoms in total. The van der Waals surface area contributed by atoms with Gasteiger partial charge in [-0.15, -0.1) is 0 Å². The van der Waals surface area contributed by atoms with E-state index >= 15 is 0 Å². The Hall–Kier alpha value is -1.51. The second kappa shape index (κ2) is 6.97. The number of anilines is 1. The fourth-order valence-corrected chi connectivity index (χ4v) is 2.11. The van der Waals surface area contributed by atoms with Crippen LogP contribution >= 0.6 is 0 Å². The van der Waals surface area contributed by atoms with E-state index in [9.17, 15) is 4.79 Å². The number of carbonyl (C=O) groups is 1. The summed E-state index contributed by atoms with van der Waals surface area (Å²) in [4.78, 5) is 14.6. The first-order valence-electron chi connectivity index (χ1n) is 7.75. The summed E-state index contributed by atoms with van der Waals surface area (Å²) < 4.78 is 0. The van der Waals surface area contributed by atoms with E-state index < -0.39 is 0 Å². The minimum Gasteiger partial charge on any atom is -0.398 e. The first-order chi connectivity index (χ1) is 9.62. The molecule has 0 aliphatic rings. The molecule has 1 atom stereocenters. The molecule has 118 valence electrons. The van der Waals surface area contributed by atoms with Crippen LogP contribution in [0, 0.1) is 11.3 Å². The van der Waals surface area contributed by atoms with E-state index in [0.717, 1.165) is 11.3 Å². The Balaban J connectivity index is 2.83. The molecule has 1 amide bonds. The number of benzene rings is 1. The maximum Gasteiger partial charge on any atom is 0.223 e. The summed E-state index contributed by atoms with van der Waals surface area (Å²) in [6.07, 6.45) is 0.578. The van der Waals surface area contributed by atoms with Crippen molar-refractivity contribution in [1.29, 1.82) is 0 Å². The predicted molar refractivity (Wildman–Crippen MR) is 89.8 cm³/mol. The Morgan fingerprint density at radius 1 is 1.19 bits per heavy atom. The molecule has 1 aromatic carbocycles. The van der Waals surface area contributed by atoms with Gasteiger partial charge in [0.15, 0.2) is 0 Å². The van der Waals surface area contributed by atoms with Gasteiger partial charge in [-0.2, -0.15) is 0 Å². The second-order valence-corrected chi connectivity index (χ2v) is 7.29. The molecule has 0 saturated heterocycles. The van der Waals surface area contributed by atoms with Gasteiger partial charge >= 0.3 is 0 Å². The van der Waals surface area contributed by atoms with Gasteiger partial charge in [-0.05, 0) is 36.8 Å². The summed E-state index contributed by atoms with van der Waals surface area (Å²) in [5, 5.41) is 0. The van der Waals surface area contributed by atoms with Gasteiger partial charge in [0.25, 0.3) is 0 Å². The van der Waals surface area contributed by atoms with Crippen LogP contribution in [0.1, 0.15) is 53.5 Å². The molecular formula is C18H30N2O. The van der Waals surface area contributed by atoms with Gasteiger partial charge in [0.05, 0.1) is 0 Å². The molecule has 0 saturated carbocycles. The lowest BCUT2D eigenvalue weighted by Gasteiger charge is -2.32. The molecule has 0 aliphatic carbocycles. The van der Waals surface area contributed by atoms with E-state index in [-0.39, 0.29) is 17.4 Å². The molecule has 21 heavy (non-hydrogen) atoms. The lowest BCUT2D eigenvalue weighted by atomic mass is 9.80. The standard InChI is InChI=1S/C18H30N2O/c1-13(2)20(12-15-9-7-8-10-16(15)19)17(21)11-14(3)18(4,5)6/h7-10,13-14H,11-12,19H2,1-6H3. The van der Waals surface area contributed by atoms with Gasteiger partial charge < -0.3 is 10.6 Å². The van der Waals surface area contributed by atoms with Crippen LogP contribution in [-0.2, 0) is 11.3 Å². The highest BCUT2D eigenvalue weighted by molar-refractivity contribution is 5.77. The number of para-hydroxylation sites is 1. The smallest absolute Gasteiger partial charge is 0.223 e. The van der Waals surface area contributed by atoms with Crippen molar-refractivity contribution in [3.05, 3.63) is 29.8 Å². The average Bonchev–Trinajstić information content (AvgIpc) is 2.35. The van der Waals surface area contributed by atoms with Crippen LogP contribution in [0.2, 0.25) is 0 Å². The zero-order valence-corrected chi connectivity index (χ0v) is 14.3. The molecule has 1 unspecified atom stereocenters. The Morgan fingerprint density at radius 3 is 2.24 bits per heavy atom. The lowest BCUT2D eigenvalue weighted by Crippen LogP contribution is -2.38. The number of hydrogen-bond acceptors (Lipinski definition) is 2. The van der Waals surface area contributed by atoms with Crippen molar-refractivity contribution in [3.8, 4) is 0 Å². The normalized spacial score (nSPS) is 13.3. The lowest BCUT2D eigenvalue weighted by molar-refractivity contribution is -0.135. The van der Waals surface area contributed by atoms with Gasteiger partial charge in [0, 0.05) is 24.7 Å². The summed E-state index contributed by atoms with van der Waals surface area (Å²) in [5.41, 5.74) is 7.91. The fraction of sp³-hybridized carbons (Fsp3) is 0.611. The van der Waals surface area contributed by atoms with E-state index in [2.05, 4.69) is 41.5 Å². The molecular weight excluding hydrogens is 260 g/mol. The number of amides is 1. The maximum atomic E-state index is 12.6. The molecule has 0 fully saturated rings. The van der Waals surface area contributed by atoms with Gasteiger partial charge in [-0.3, -0.25) is 4.79 Å². The summed E-state index contributed by atoms with van der Waals surface area (Å²) in [6.45, 7) is 13.4. The zero-order chi connectivity index (χ0) is 16.2. The van der Waals surface area contributed by atoms with E-state index in [0.29, 0.717) is 18.9 Å². The summed E-state index contributed by atoms with van der Waals surface area (Å²) in [7, 11) is 0. The van der Waals surface area contributed by atoms with Crippen LogP contribution < -0.4 is 5.73 Å². The summed E-state index contributed by atoms with van der Waals surface area (Å²) >= 11 is 0. The number of nitrogens with zero attached hydrogens (tertiary/aromatic N) is 1. The molecule has 0 spiro atoms. The van der Waals surface area contributed by atoms with Gasteiger partial charge in [-0.25, -0.2) is 0 Å². The highest BCUT2D eigenvalue weighted by Gasteiger charge is 2.26. The fourth-order valence-electron chi connectivity index (χ4n) is 2.11. The molecule has 0 radical (unpaired) electrons. The zero-order valence-electron chi connectivity index (χ0n) is 14.3. The number of nitrogens with two attached hydrogens (primary N) is 1. The molecule has 1 aromatic rings. The Morgan fingerprint density at radius 2 is 1.76 bits per heavy atom. The van der Waals surface area contributed by atoms with Crippen LogP contribution in [0.3, 0.4) is 0 Å². The monoisotopic (exact) mass is 290 g/mol. The van der Waals surface area contributed by atoms with E-state index in [1.807, 2.05) is 29.2 Å². The Labute approximate surface area is 129 Å². The summed E-state index contributed by atoms with van der Waals surface area (Å²) in [6, 6.07) is 7.93.